The standard InChI is InChI=1S/C20H25N3O3S/c1-15-6-8-18(9-7-15)22-27(25,26)19-5-3-4-16(14-19)20(24)21-17-10-12-23(2)13-11-17/h3-9,14,17,22H,10-13H2,1-2H3,(H,21,24). The largest absolute Gasteiger partial charge is 0.349 e. The van der Waals surface area contributed by atoms with Gasteiger partial charge in [-0.1, -0.05) is 23.8 Å². The Morgan fingerprint density at radius 2 is 1.74 bits per heavy atom. The Morgan fingerprint density at radius 1 is 1.07 bits per heavy atom. The molecule has 2 aromatic carbocycles. The summed E-state index contributed by atoms with van der Waals surface area (Å²) in [6.07, 6.45) is 1.80. The maximum absolute atomic E-state index is 12.6. The fourth-order valence-corrected chi connectivity index (χ4v) is 4.17. The van der Waals surface area contributed by atoms with Crippen LogP contribution in [0.1, 0.15) is 28.8 Å². The highest BCUT2D eigenvalue weighted by molar-refractivity contribution is 7.92. The molecule has 1 aliphatic heterocycles. The molecule has 0 aromatic heterocycles. The minimum absolute atomic E-state index is 0.0686. The number of carbonyl (C=O) groups is 1. The molecule has 2 N–H and O–H groups in total. The van der Waals surface area contributed by atoms with Crippen LogP contribution in [0.25, 0.3) is 0 Å². The summed E-state index contributed by atoms with van der Waals surface area (Å²) >= 11 is 0. The molecule has 3 rings (SSSR count). The minimum Gasteiger partial charge on any atom is -0.349 e. The first kappa shape index (κ1) is 19.4. The molecule has 2 aromatic rings. The molecule has 27 heavy (non-hydrogen) atoms. The first-order valence-electron chi connectivity index (χ1n) is 9.02. The lowest BCUT2D eigenvalue weighted by atomic mass is 10.0. The van der Waals surface area contributed by atoms with Crippen molar-refractivity contribution in [1.29, 1.82) is 0 Å². The lowest BCUT2D eigenvalue weighted by molar-refractivity contribution is 0.0916. The molecule has 7 heteroatoms. The average Bonchev–Trinajstić information content (AvgIpc) is 2.65. The van der Waals surface area contributed by atoms with Crippen LogP contribution in [-0.2, 0) is 10.0 Å². The summed E-state index contributed by atoms with van der Waals surface area (Å²) < 4.78 is 27.8. The number of hydrogen-bond acceptors (Lipinski definition) is 4. The third kappa shape index (κ3) is 5.08. The topological polar surface area (TPSA) is 78.5 Å². The van der Waals surface area contributed by atoms with E-state index in [1.54, 1.807) is 24.3 Å². The Kier molecular flexibility index (Phi) is 5.82. The van der Waals surface area contributed by atoms with E-state index >= 15 is 0 Å². The highest BCUT2D eigenvalue weighted by atomic mass is 32.2. The number of benzene rings is 2. The van der Waals surface area contributed by atoms with Crippen LogP contribution in [0.4, 0.5) is 5.69 Å². The fourth-order valence-electron chi connectivity index (χ4n) is 3.06. The lowest BCUT2D eigenvalue weighted by Crippen LogP contribution is -2.43. The Hall–Kier alpha value is -2.38. The molecule has 0 atom stereocenters. The first-order valence-corrected chi connectivity index (χ1v) is 10.5. The minimum atomic E-state index is -3.76. The number of carbonyl (C=O) groups excluding carboxylic acids is 1. The van der Waals surface area contributed by atoms with Gasteiger partial charge >= 0.3 is 0 Å². The summed E-state index contributed by atoms with van der Waals surface area (Å²) in [5.41, 5.74) is 1.88. The zero-order chi connectivity index (χ0) is 19.4. The van der Waals surface area contributed by atoms with Gasteiger partial charge in [0.2, 0.25) is 0 Å². The molecule has 0 bridgehead atoms. The molecular weight excluding hydrogens is 362 g/mol. The van der Waals surface area contributed by atoms with E-state index in [1.807, 2.05) is 19.1 Å². The molecule has 0 aliphatic carbocycles. The van der Waals surface area contributed by atoms with E-state index in [0.717, 1.165) is 31.5 Å². The van der Waals surface area contributed by atoms with Crippen molar-refractivity contribution in [3.8, 4) is 0 Å². The number of nitrogens with zero attached hydrogens (tertiary/aromatic N) is 1. The molecule has 1 aliphatic rings. The second-order valence-corrected chi connectivity index (χ2v) is 8.73. The van der Waals surface area contributed by atoms with Crippen molar-refractivity contribution in [3.63, 3.8) is 0 Å². The van der Waals surface area contributed by atoms with Gasteiger partial charge < -0.3 is 10.2 Å². The van der Waals surface area contributed by atoms with Crippen LogP contribution in [0.5, 0.6) is 0 Å². The normalized spacial score (nSPS) is 16.1. The number of rotatable bonds is 5. The molecular formula is C20H25N3O3S. The van der Waals surface area contributed by atoms with Crippen LogP contribution < -0.4 is 10.0 Å². The summed E-state index contributed by atoms with van der Waals surface area (Å²) in [4.78, 5) is 14.8. The van der Waals surface area contributed by atoms with Gasteiger partial charge in [0, 0.05) is 17.3 Å². The smallest absolute Gasteiger partial charge is 0.261 e. The lowest BCUT2D eigenvalue weighted by Gasteiger charge is -2.29. The maximum Gasteiger partial charge on any atom is 0.261 e. The summed E-state index contributed by atoms with van der Waals surface area (Å²) in [6, 6.07) is 13.4. The van der Waals surface area contributed by atoms with E-state index in [2.05, 4.69) is 22.0 Å². The van der Waals surface area contributed by atoms with Crippen LogP contribution in [0, 0.1) is 6.92 Å². The molecule has 144 valence electrons. The Labute approximate surface area is 160 Å². The Morgan fingerprint density at radius 3 is 2.41 bits per heavy atom. The number of nitrogens with one attached hydrogen (secondary N) is 2. The Bertz CT molecular complexity index is 902. The zero-order valence-corrected chi connectivity index (χ0v) is 16.4. The summed E-state index contributed by atoms with van der Waals surface area (Å²) in [7, 11) is -1.70. The molecule has 0 saturated carbocycles. The quantitative estimate of drug-likeness (QED) is 0.827. The van der Waals surface area contributed by atoms with E-state index in [1.165, 1.54) is 12.1 Å². The SMILES string of the molecule is Cc1ccc(NS(=O)(=O)c2cccc(C(=O)NC3CCN(C)CC3)c2)cc1. The number of anilines is 1. The van der Waals surface area contributed by atoms with Crippen molar-refractivity contribution in [3.05, 3.63) is 59.7 Å². The van der Waals surface area contributed by atoms with Gasteiger partial charge in [0.25, 0.3) is 15.9 Å². The van der Waals surface area contributed by atoms with Gasteiger partial charge in [0.15, 0.2) is 0 Å². The van der Waals surface area contributed by atoms with Gasteiger partial charge in [-0.3, -0.25) is 9.52 Å². The maximum atomic E-state index is 12.6. The fraction of sp³-hybridized carbons (Fsp3) is 0.350. The number of sulfonamides is 1. The van der Waals surface area contributed by atoms with Gasteiger partial charge in [0.1, 0.15) is 0 Å². The summed E-state index contributed by atoms with van der Waals surface area (Å²) in [6.45, 7) is 3.82. The van der Waals surface area contributed by atoms with Gasteiger partial charge in [-0.2, -0.15) is 0 Å². The molecule has 1 saturated heterocycles. The van der Waals surface area contributed by atoms with E-state index < -0.39 is 10.0 Å². The highest BCUT2D eigenvalue weighted by Crippen LogP contribution is 2.18. The van der Waals surface area contributed by atoms with Crippen molar-refractivity contribution < 1.29 is 13.2 Å². The molecule has 1 heterocycles. The van der Waals surface area contributed by atoms with Crippen LogP contribution in [0.2, 0.25) is 0 Å². The molecule has 1 amide bonds. The number of aryl methyl sites for hydroxylation is 1. The van der Waals surface area contributed by atoms with Crippen molar-refractivity contribution in [2.75, 3.05) is 24.9 Å². The summed E-state index contributed by atoms with van der Waals surface area (Å²) in [5, 5.41) is 3.01. The number of amides is 1. The van der Waals surface area contributed by atoms with Crippen molar-refractivity contribution >= 4 is 21.6 Å². The molecule has 6 nitrogen and oxygen atoms in total. The van der Waals surface area contributed by atoms with Crippen molar-refractivity contribution in [1.82, 2.24) is 10.2 Å². The van der Waals surface area contributed by atoms with Gasteiger partial charge in [-0.15, -0.1) is 0 Å². The van der Waals surface area contributed by atoms with Crippen LogP contribution in [0.15, 0.2) is 53.4 Å². The molecule has 0 unspecified atom stereocenters. The predicted molar refractivity (Wildman–Crippen MR) is 106 cm³/mol. The van der Waals surface area contributed by atoms with E-state index in [4.69, 9.17) is 0 Å². The molecule has 1 fully saturated rings. The van der Waals surface area contributed by atoms with Crippen LogP contribution in [0.3, 0.4) is 0 Å². The Balaban J connectivity index is 1.72. The average molecular weight is 388 g/mol. The zero-order valence-electron chi connectivity index (χ0n) is 15.6. The van der Waals surface area contributed by atoms with Gasteiger partial charge in [-0.25, -0.2) is 8.42 Å². The predicted octanol–water partition coefficient (Wildman–Crippen LogP) is 2.62. The van der Waals surface area contributed by atoms with E-state index in [-0.39, 0.29) is 16.8 Å². The van der Waals surface area contributed by atoms with E-state index in [0.29, 0.717) is 11.3 Å². The van der Waals surface area contributed by atoms with Crippen LogP contribution >= 0.6 is 0 Å². The highest BCUT2D eigenvalue weighted by Gasteiger charge is 2.21. The molecule has 0 radical (unpaired) electrons. The summed E-state index contributed by atoms with van der Waals surface area (Å²) in [5.74, 6) is -0.239. The van der Waals surface area contributed by atoms with Gasteiger partial charge in [-0.05, 0) is 70.2 Å². The molecule has 0 spiro atoms. The number of hydrogen-bond donors (Lipinski definition) is 2. The third-order valence-electron chi connectivity index (χ3n) is 4.76. The number of likely N-dealkylation sites (tertiary alicyclic amines) is 1. The van der Waals surface area contributed by atoms with Crippen molar-refractivity contribution in [2.24, 2.45) is 0 Å². The second-order valence-electron chi connectivity index (χ2n) is 7.05. The van der Waals surface area contributed by atoms with Gasteiger partial charge in [0.05, 0.1) is 4.90 Å². The second kappa shape index (κ2) is 8.10. The third-order valence-corrected chi connectivity index (χ3v) is 6.14. The monoisotopic (exact) mass is 387 g/mol. The van der Waals surface area contributed by atoms with Crippen molar-refractivity contribution in [2.45, 2.75) is 30.7 Å². The first-order chi connectivity index (χ1) is 12.8. The number of piperidine rings is 1. The van der Waals surface area contributed by atoms with E-state index in [9.17, 15) is 13.2 Å². The van der Waals surface area contributed by atoms with Crippen LogP contribution in [-0.4, -0.2) is 45.4 Å².